The van der Waals surface area contributed by atoms with Crippen LogP contribution in [0.5, 0.6) is 0 Å². The summed E-state index contributed by atoms with van der Waals surface area (Å²) < 4.78 is 3.91. The molecule has 1 aromatic carbocycles. The Bertz CT molecular complexity index is 730. The smallest absolute Gasteiger partial charge is 0.163 e. The van der Waals surface area contributed by atoms with E-state index in [0.717, 1.165) is 22.6 Å². The highest BCUT2D eigenvalue weighted by atomic mass is 15.4. The van der Waals surface area contributed by atoms with Crippen LogP contribution >= 0.6 is 0 Å². The van der Waals surface area contributed by atoms with Gasteiger partial charge in [-0.05, 0) is 32.9 Å². The van der Waals surface area contributed by atoms with Gasteiger partial charge in [-0.1, -0.05) is 17.3 Å². The van der Waals surface area contributed by atoms with E-state index in [1.54, 1.807) is 0 Å². The number of aromatic nitrogens is 5. The number of nitrogens with zero attached hydrogens (tertiary/aromatic N) is 5. The average Bonchev–Trinajstić information content (AvgIpc) is 2.94. The van der Waals surface area contributed by atoms with Gasteiger partial charge in [0.2, 0.25) is 0 Å². The Morgan fingerprint density at radius 2 is 1.84 bits per heavy atom. The van der Waals surface area contributed by atoms with Gasteiger partial charge in [-0.25, -0.2) is 9.67 Å². The molecular weight excluding hydrogens is 238 g/mol. The Kier molecular flexibility index (Phi) is 2.45. The number of imidazole rings is 1. The molecule has 0 aliphatic carbocycles. The van der Waals surface area contributed by atoms with E-state index in [4.69, 9.17) is 0 Å². The fourth-order valence-electron chi connectivity index (χ4n) is 2.07. The minimum absolute atomic E-state index is 0.0736. The second-order valence-electron chi connectivity index (χ2n) is 5.70. The van der Waals surface area contributed by atoms with Crippen molar-refractivity contribution in [1.29, 1.82) is 0 Å². The molecule has 5 nitrogen and oxygen atoms in total. The third kappa shape index (κ3) is 1.91. The number of benzene rings is 1. The lowest BCUT2D eigenvalue weighted by Crippen LogP contribution is -2.22. The van der Waals surface area contributed by atoms with E-state index in [0.29, 0.717) is 0 Å². The molecule has 0 fully saturated rings. The maximum atomic E-state index is 4.63. The van der Waals surface area contributed by atoms with E-state index in [1.807, 2.05) is 40.7 Å². The van der Waals surface area contributed by atoms with Crippen molar-refractivity contribution in [2.45, 2.75) is 26.3 Å². The molecule has 0 radical (unpaired) electrons. The molecule has 0 spiro atoms. The summed E-state index contributed by atoms with van der Waals surface area (Å²) in [7, 11) is 2.00. The highest BCUT2D eigenvalue weighted by Gasteiger charge is 2.18. The Morgan fingerprint density at radius 1 is 1.11 bits per heavy atom. The van der Waals surface area contributed by atoms with Gasteiger partial charge in [-0.3, -0.25) is 0 Å². The topological polar surface area (TPSA) is 48.5 Å². The fourth-order valence-corrected chi connectivity index (χ4v) is 2.07. The fraction of sp³-hybridized carbons (Fsp3) is 0.357. The van der Waals surface area contributed by atoms with E-state index in [2.05, 4.69) is 42.1 Å². The molecule has 2 heterocycles. The zero-order valence-electron chi connectivity index (χ0n) is 11.6. The molecular formula is C14H17N5. The summed E-state index contributed by atoms with van der Waals surface area (Å²) in [6.45, 7) is 6.29. The number of aryl methyl sites for hydroxylation is 1. The molecule has 0 aliphatic rings. The number of hydrogen-bond donors (Lipinski definition) is 0. The summed E-state index contributed by atoms with van der Waals surface area (Å²) in [5.74, 6) is 0.844. The van der Waals surface area contributed by atoms with Gasteiger partial charge in [0.05, 0.1) is 22.8 Å². The third-order valence-corrected chi connectivity index (χ3v) is 3.20. The summed E-state index contributed by atoms with van der Waals surface area (Å²) >= 11 is 0. The second kappa shape index (κ2) is 3.91. The highest BCUT2D eigenvalue weighted by Crippen LogP contribution is 2.23. The Balaban J connectivity index is 2.14. The summed E-state index contributed by atoms with van der Waals surface area (Å²) in [5.41, 5.74) is 2.80. The summed E-state index contributed by atoms with van der Waals surface area (Å²) in [4.78, 5) is 4.63. The molecule has 0 aliphatic heterocycles. The van der Waals surface area contributed by atoms with Gasteiger partial charge in [0.15, 0.2) is 5.82 Å². The van der Waals surface area contributed by atoms with Crippen LogP contribution in [0, 0.1) is 0 Å². The SMILES string of the molecule is Cn1c(-c2cn(C(C)(C)C)nn2)nc2ccccc21. The third-order valence-electron chi connectivity index (χ3n) is 3.20. The van der Waals surface area contributed by atoms with Crippen molar-refractivity contribution in [3.05, 3.63) is 30.5 Å². The van der Waals surface area contributed by atoms with Gasteiger partial charge in [-0.15, -0.1) is 5.10 Å². The summed E-state index contributed by atoms with van der Waals surface area (Å²) in [5, 5.41) is 8.43. The van der Waals surface area contributed by atoms with Crippen molar-refractivity contribution in [2.75, 3.05) is 0 Å². The lowest BCUT2D eigenvalue weighted by molar-refractivity contribution is 0.347. The molecule has 19 heavy (non-hydrogen) atoms. The van der Waals surface area contributed by atoms with Gasteiger partial charge < -0.3 is 4.57 Å². The number of hydrogen-bond acceptors (Lipinski definition) is 3. The normalized spacial score (nSPS) is 12.2. The number of fused-ring (bicyclic) bond motifs is 1. The van der Waals surface area contributed by atoms with Crippen LogP contribution in [0.4, 0.5) is 0 Å². The van der Waals surface area contributed by atoms with Gasteiger partial charge in [0, 0.05) is 7.05 Å². The predicted octanol–water partition coefficient (Wildman–Crippen LogP) is 2.59. The van der Waals surface area contributed by atoms with E-state index in [9.17, 15) is 0 Å². The number of rotatable bonds is 1. The zero-order chi connectivity index (χ0) is 13.6. The Morgan fingerprint density at radius 3 is 2.47 bits per heavy atom. The largest absolute Gasteiger partial charge is 0.326 e. The van der Waals surface area contributed by atoms with Crippen LogP contribution in [0.3, 0.4) is 0 Å². The quantitative estimate of drug-likeness (QED) is 0.671. The van der Waals surface area contributed by atoms with Crippen LogP contribution in [-0.4, -0.2) is 24.5 Å². The van der Waals surface area contributed by atoms with Crippen molar-refractivity contribution in [1.82, 2.24) is 24.5 Å². The maximum Gasteiger partial charge on any atom is 0.163 e. The first kappa shape index (κ1) is 11.9. The highest BCUT2D eigenvalue weighted by molar-refractivity contribution is 5.79. The molecule has 0 bridgehead atoms. The second-order valence-corrected chi connectivity index (χ2v) is 5.70. The average molecular weight is 255 g/mol. The number of para-hydroxylation sites is 2. The van der Waals surface area contributed by atoms with Crippen LogP contribution < -0.4 is 0 Å². The van der Waals surface area contributed by atoms with Crippen molar-refractivity contribution < 1.29 is 0 Å². The Hall–Kier alpha value is -2.17. The minimum atomic E-state index is -0.0736. The summed E-state index contributed by atoms with van der Waals surface area (Å²) in [6.07, 6.45) is 1.95. The molecule has 2 aromatic heterocycles. The van der Waals surface area contributed by atoms with E-state index < -0.39 is 0 Å². The molecule has 0 saturated heterocycles. The first-order valence-electron chi connectivity index (χ1n) is 6.31. The first-order chi connectivity index (χ1) is 8.97. The van der Waals surface area contributed by atoms with Crippen LogP contribution in [0.25, 0.3) is 22.6 Å². The zero-order valence-corrected chi connectivity index (χ0v) is 11.6. The minimum Gasteiger partial charge on any atom is -0.326 e. The maximum absolute atomic E-state index is 4.63. The molecule has 5 heteroatoms. The lowest BCUT2D eigenvalue weighted by Gasteiger charge is -2.17. The summed E-state index contributed by atoms with van der Waals surface area (Å²) in [6, 6.07) is 8.07. The first-order valence-corrected chi connectivity index (χ1v) is 6.31. The van der Waals surface area contributed by atoms with Gasteiger partial charge >= 0.3 is 0 Å². The van der Waals surface area contributed by atoms with Crippen molar-refractivity contribution in [3.63, 3.8) is 0 Å². The van der Waals surface area contributed by atoms with Crippen molar-refractivity contribution in [2.24, 2.45) is 7.05 Å². The molecule has 3 aromatic rings. The van der Waals surface area contributed by atoms with E-state index >= 15 is 0 Å². The molecule has 0 unspecified atom stereocenters. The Labute approximate surface area is 111 Å². The predicted molar refractivity (Wildman–Crippen MR) is 74.7 cm³/mol. The van der Waals surface area contributed by atoms with Crippen molar-refractivity contribution >= 4 is 11.0 Å². The monoisotopic (exact) mass is 255 g/mol. The van der Waals surface area contributed by atoms with Crippen molar-refractivity contribution in [3.8, 4) is 11.5 Å². The lowest BCUT2D eigenvalue weighted by atomic mass is 10.1. The van der Waals surface area contributed by atoms with Gasteiger partial charge in [0.1, 0.15) is 5.69 Å². The van der Waals surface area contributed by atoms with Crippen LogP contribution in [0.2, 0.25) is 0 Å². The molecule has 0 atom stereocenters. The molecule has 0 N–H and O–H groups in total. The molecule has 98 valence electrons. The molecule has 3 rings (SSSR count). The standard InChI is InChI=1S/C14H17N5/c1-14(2,3)19-9-11(16-17-19)13-15-10-7-5-6-8-12(10)18(13)4/h5-9H,1-4H3. The van der Waals surface area contributed by atoms with E-state index in [-0.39, 0.29) is 5.54 Å². The van der Waals surface area contributed by atoms with Crippen LogP contribution in [-0.2, 0) is 12.6 Å². The van der Waals surface area contributed by atoms with Gasteiger partial charge in [-0.2, -0.15) is 0 Å². The van der Waals surface area contributed by atoms with E-state index in [1.165, 1.54) is 0 Å². The molecule has 0 saturated carbocycles. The van der Waals surface area contributed by atoms with Gasteiger partial charge in [0.25, 0.3) is 0 Å². The van der Waals surface area contributed by atoms with Crippen LogP contribution in [0.1, 0.15) is 20.8 Å². The molecule has 0 amide bonds. The van der Waals surface area contributed by atoms with Crippen LogP contribution in [0.15, 0.2) is 30.5 Å².